The monoisotopic (exact) mass is 530 g/mol. The maximum Gasteiger partial charge on any atom is 0.338 e. The molecule has 0 heterocycles. The Hall–Kier alpha value is -1.57. The average molecular weight is 531 g/mol. The van der Waals surface area contributed by atoms with Crippen LogP contribution >= 0.6 is 0 Å². The van der Waals surface area contributed by atoms with Crippen molar-refractivity contribution < 1.29 is 9.53 Å². The number of benzene rings is 1. The van der Waals surface area contributed by atoms with Crippen molar-refractivity contribution in [2.45, 2.75) is 119 Å². The Bertz CT molecular complexity index is 1150. The molecule has 5 aliphatic carbocycles. The number of fused-ring (bicyclic) bond motifs is 7. The molecule has 6 rings (SSSR count). The Morgan fingerprint density at radius 3 is 2.26 bits per heavy atom. The molecule has 0 amide bonds. The number of hydrogen-bond acceptors (Lipinski definition) is 2. The van der Waals surface area contributed by atoms with Crippen LogP contribution in [0.15, 0.2) is 42.0 Å². The van der Waals surface area contributed by atoms with Crippen molar-refractivity contribution in [1.82, 2.24) is 0 Å². The first-order chi connectivity index (χ1) is 18.3. The van der Waals surface area contributed by atoms with E-state index in [1.165, 1.54) is 51.4 Å². The summed E-state index contributed by atoms with van der Waals surface area (Å²) < 4.78 is 6.29. The largest absolute Gasteiger partial charge is 0.458 e. The summed E-state index contributed by atoms with van der Waals surface area (Å²) in [7, 11) is 0. The minimum absolute atomic E-state index is 0.0159. The molecule has 5 aliphatic rings. The van der Waals surface area contributed by atoms with Crippen molar-refractivity contribution in [1.29, 1.82) is 0 Å². The van der Waals surface area contributed by atoms with Crippen LogP contribution in [0.4, 0.5) is 0 Å². The molecule has 0 aromatic heterocycles. The van der Waals surface area contributed by atoms with E-state index in [1.54, 1.807) is 0 Å². The lowest BCUT2D eigenvalue weighted by Crippen LogP contribution is -2.65. The van der Waals surface area contributed by atoms with E-state index >= 15 is 0 Å². The average Bonchev–Trinajstić information content (AvgIpc) is 2.89. The van der Waals surface area contributed by atoms with Crippen LogP contribution < -0.4 is 0 Å². The third-order valence-corrected chi connectivity index (χ3v) is 14.6. The van der Waals surface area contributed by atoms with Crippen LogP contribution in [0.2, 0.25) is 0 Å². The Morgan fingerprint density at radius 2 is 1.54 bits per heavy atom. The van der Waals surface area contributed by atoms with Crippen molar-refractivity contribution in [2.75, 3.05) is 0 Å². The number of esters is 1. The number of carbonyl (C=O) groups excluding carboxylic acids is 1. The van der Waals surface area contributed by atoms with Crippen molar-refractivity contribution in [2.24, 2.45) is 56.7 Å². The van der Waals surface area contributed by atoms with Crippen LogP contribution in [0.1, 0.15) is 124 Å². The molecule has 2 nitrogen and oxygen atoms in total. The molecule has 4 fully saturated rings. The van der Waals surface area contributed by atoms with Gasteiger partial charge in [0.1, 0.15) is 6.10 Å². The molecule has 0 spiro atoms. The zero-order valence-corrected chi connectivity index (χ0v) is 26.1. The van der Waals surface area contributed by atoms with E-state index < -0.39 is 0 Å². The summed E-state index contributed by atoms with van der Waals surface area (Å²) in [6.45, 7) is 20.6. The summed E-state index contributed by atoms with van der Waals surface area (Å²) in [6.07, 6.45) is 14.3. The van der Waals surface area contributed by atoms with Gasteiger partial charge in [-0.05, 0) is 121 Å². The summed E-state index contributed by atoms with van der Waals surface area (Å²) in [5.74, 6) is 3.49. The highest BCUT2D eigenvalue weighted by molar-refractivity contribution is 5.89. The lowest BCUT2D eigenvalue weighted by Gasteiger charge is -2.71. The van der Waals surface area contributed by atoms with E-state index in [0.29, 0.717) is 33.6 Å². The first-order valence-electron chi connectivity index (χ1n) is 16.2. The van der Waals surface area contributed by atoms with Gasteiger partial charge in [0.15, 0.2) is 0 Å². The Kier molecular flexibility index (Phi) is 6.34. The highest BCUT2D eigenvalue weighted by Gasteiger charge is 2.68. The number of rotatable bonds is 2. The van der Waals surface area contributed by atoms with Crippen LogP contribution in [0.3, 0.4) is 0 Å². The van der Waals surface area contributed by atoms with Crippen LogP contribution in [0.5, 0.6) is 0 Å². The molecule has 4 saturated carbocycles. The summed E-state index contributed by atoms with van der Waals surface area (Å²) in [6, 6.07) is 9.57. The molecule has 0 bridgehead atoms. The van der Waals surface area contributed by atoms with E-state index in [4.69, 9.17) is 4.74 Å². The Balaban J connectivity index is 1.31. The minimum Gasteiger partial charge on any atom is -0.458 e. The molecular formula is C37H54O2. The van der Waals surface area contributed by atoms with E-state index in [-0.39, 0.29) is 22.9 Å². The quantitative estimate of drug-likeness (QED) is 0.281. The molecule has 0 aliphatic heterocycles. The second-order valence-corrected chi connectivity index (χ2v) is 16.4. The Labute approximate surface area is 238 Å². The highest BCUT2D eigenvalue weighted by Crippen LogP contribution is 2.75. The second kappa shape index (κ2) is 8.96. The summed E-state index contributed by atoms with van der Waals surface area (Å²) >= 11 is 0. The van der Waals surface area contributed by atoms with Crippen LogP contribution in [-0.2, 0) is 4.74 Å². The van der Waals surface area contributed by atoms with E-state index in [2.05, 4.69) is 61.5 Å². The Morgan fingerprint density at radius 1 is 0.821 bits per heavy atom. The second-order valence-electron chi connectivity index (χ2n) is 16.4. The summed E-state index contributed by atoms with van der Waals surface area (Å²) in [5.41, 5.74) is 3.93. The minimum atomic E-state index is -0.156. The predicted molar refractivity (Wildman–Crippen MR) is 160 cm³/mol. The van der Waals surface area contributed by atoms with Gasteiger partial charge in [-0.25, -0.2) is 4.79 Å². The lowest BCUT2D eigenvalue weighted by molar-refractivity contribution is -0.204. The maximum absolute atomic E-state index is 13.1. The van der Waals surface area contributed by atoms with Gasteiger partial charge in [-0.2, -0.15) is 0 Å². The zero-order valence-electron chi connectivity index (χ0n) is 26.1. The standard InChI is InChI=1S/C37H54O2/c1-24-16-19-34(5)22-23-36(7)27(31(34)25(24)2)14-15-29-35(6)20-18-30(39-32(38)26-12-10-9-11-13-26)33(3,4)28(35)17-21-37(29,36)8/h9-14,24-25,28-31H,15-23H2,1-8H3/t24-,25+,28?,29?,30+,31?,34-,35+,36-,37-/m1/s1. The van der Waals surface area contributed by atoms with Gasteiger partial charge in [-0.15, -0.1) is 0 Å². The third kappa shape index (κ3) is 3.74. The molecule has 10 atom stereocenters. The molecule has 0 saturated heterocycles. The lowest BCUT2D eigenvalue weighted by atomic mass is 9.33. The molecule has 0 radical (unpaired) electrons. The molecule has 0 N–H and O–H groups in total. The number of allylic oxidation sites excluding steroid dienone is 2. The fourth-order valence-corrected chi connectivity index (χ4v) is 11.8. The van der Waals surface area contributed by atoms with Gasteiger partial charge in [-0.1, -0.05) is 85.2 Å². The predicted octanol–water partition coefficient (Wildman–Crippen LogP) is 9.89. The molecule has 1 aromatic carbocycles. The van der Waals surface area contributed by atoms with E-state index in [9.17, 15) is 4.79 Å². The molecule has 214 valence electrons. The molecule has 2 heteroatoms. The molecule has 3 unspecified atom stereocenters. The van der Waals surface area contributed by atoms with Crippen LogP contribution in [0.25, 0.3) is 0 Å². The van der Waals surface area contributed by atoms with Gasteiger partial charge in [0, 0.05) is 5.41 Å². The first-order valence-corrected chi connectivity index (χ1v) is 16.2. The van der Waals surface area contributed by atoms with Crippen molar-refractivity contribution >= 4 is 5.97 Å². The molecule has 39 heavy (non-hydrogen) atoms. The zero-order chi connectivity index (χ0) is 28.0. The van der Waals surface area contributed by atoms with Gasteiger partial charge in [0.2, 0.25) is 0 Å². The van der Waals surface area contributed by atoms with Gasteiger partial charge in [-0.3, -0.25) is 0 Å². The van der Waals surface area contributed by atoms with E-state index in [0.717, 1.165) is 24.2 Å². The fraction of sp³-hybridized carbons (Fsp3) is 0.757. The number of hydrogen-bond donors (Lipinski definition) is 0. The van der Waals surface area contributed by atoms with Gasteiger partial charge in [0.25, 0.3) is 0 Å². The first kappa shape index (κ1) is 27.6. The van der Waals surface area contributed by atoms with Gasteiger partial charge < -0.3 is 4.74 Å². The maximum atomic E-state index is 13.1. The van der Waals surface area contributed by atoms with Crippen LogP contribution in [0, 0.1) is 56.7 Å². The number of ether oxygens (including phenoxy) is 1. The topological polar surface area (TPSA) is 26.3 Å². The van der Waals surface area contributed by atoms with Crippen LogP contribution in [-0.4, -0.2) is 12.1 Å². The number of carbonyl (C=O) groups is 1. The van der Waals surface area contributed by atoms with E-state index in [1.807, 2.05) is 35.9 Å². The molecule has 1 aromatic rings. The van der Waals surface area contributed by atoms with Crippen molar-refractivity contribution in [3.05, 3.63) is 47.5 Å². The summed E-state index contributed by atoms with van der Waals surface area (Å²) in [4.78, 5) is 13.1. The fourth-order valence-electron chi connectivity index (χ4n) is 11.8. The van der Waals surface area contributed by atoms with Gasteiger partial charge in [0.05, 0.1) is 5.56 Å². The van der Waals surface area contributed by atoms with Gasteiger partial charge >= 0.3 is 5.97 Å². The highest BCUT2D eigenvalue weighted by atomic mass is 16.5. The summed E-state index contributed by atoms with van der Waals surface area (Å²) in [5, 5.41) is 0. The molecular weight excluding hydrogens is 476 g/mol. The normalized spacial score (nSPS) is 48.5. The SMILES string of the molecule is C[C@@H]1CC[C@]2(C)CC[C@]3(C)C(=CCC4[C@@]5(C)CC[C@H](OC(=O)c6ccccc6)C(C)(C)C5CC[C@]43C)C2[C@H]1C. The van der Waals surface area contributed by atoms with Crippen molar-refractivity contribution in [3.63, 3.8) is 0 Å². The third-order valence-electron chi connectivity index (χ3n) is 14.6. The van der Waals surface area contributed by atoms with Crippen molar-refractivity contribution in [3.8, 4) is 0 Å². The smallest absolute Gasteiger partial charge is 0.338 e.